The lowest BCUT2D eigenvalue weighted by Crippen LogP contribution is -2.40. The summed E-state index contributed by atoms with van der Waals surface area (Å²) >= 11 is 9.85. The molecule has 2 fully saturated rings. The van der Waals surface area contributed by atoms with Crippen molar-refractivity contribution in [3.63, 3.8) is 0 Å². The lowest BCUT2D eigenvalue weighted by molar-refractivity contribution is -0.157. The first-order chi connectivity index (χ1) is 17.2. The van der Waals surface area contributed by atoms with Crippen LogP contribution in [0.15, 0.2) is 34.9 Å². The second-order valence-electron chi connectivity index (χ2n) is 12.2. The van der Waals surface area contributed by atoms with Gasteiger partial charge in [0.2, 0.25) is 5.28 Å². The van der Waals surface area contributed by atoms with Crippen LogP contribution >= 0.6 is 27.5 Å². The van der Waals surface area contributed by atoms with E-state index in [0.29, 0.717) is 18.1 Å². The molecule has 0 amide bonds. The number of aromatic nitrogens is 3. The second-order valence-corrected chi connectivity index (χ2v) is 18.2. The molecular weight excluding hydrogens is 572 g/mol. The molecule has 5 rings (SSSR count). The minimum atomic E-state index is -1.85. The molecule has 2 aromatic heterocycles. The molecule has 2 aliphatic rings. The van der Waals surface area contributed by atoms with Crippen molar-refractivity contribution in [2.24, 2.45) is 0 Å². The molecule has 3 aromatic rings. The first-order valence-corrected chi connectivity index (χ1v) is 16.8. The maximum atomic E-state index is 6.52. The fourth-order valence-electron chi connectivity index (χ4n) is 5.30. The molecule has 7 nitrogen and oxygen atoms in total. The van der Waals surface area contributed by atoms with Crippen molar-refractivity contribution in [3.05, 3.63) is 51.3 Å². The van der Waals surface area contributed by atoms with Crippen LogP contribution in [0.3, 0.4) is 0 Å². The molecule has 4 atom stereocenters. The highest BCUT2D eigenvalue weighted by atomic mass is 79.9. The Labute approximate surface area is 233 Å². The van der Waals surface area contributed by atoms with Crippen LogP contribution in [-0.2, 0) is 20.5 Å². The van der Waals surface area contributed by atoms with E-state index in [9.17, 15) is 0 Å². The SMILES string of the molecule is CC1(C)O[C@@H]2[C@H](O1)[C@@H](c1cccc(CO[Si](C)(C)C(C)(C)C)c1)C[C@H]2n1cc(Br)c2c(N)nc(Cl)nc21. The van der Waals surface area contributed by atoms with Gasteiger partial charge in [0.25, 0.3) is 0 Å². The average molecular weight is 608 g/mol. The summed E-state index contributed by atoms with van der Waals surface area (Å²) in [4.78, 5) is 8.67. The highest BCUT2D eigenvalue weighted by Crippen LogP contribution is 2.52. The lowest BCUT2D eigenvalue weighted by atomic mass is 9.94. The zero-order valence-electron chi connectivity index (χ0n) is 22.5. The van der Waals surface area contributed by atoms with Gasteiger partial charge in [-0.05, 0) is 77.1 Å². The molecule has 1 aliphatic carbocycles. The number of benzene rings is 1. The molecular formula is C27H36BrClN4O3Si. The van der Waals surface area contributed by atoms with Gasteiger partial charge < -0.3 is 24.2 Å². The quantitative estimate of drug-likeness (QED) is 0.244. The van der Waals surface area contributed by atoms with Gasteiger partial charge in [0.05, 0.1) is 24.1 Å². The van der Waals surface area contributed by atoms with E-state index in [4.69, 9.17) is 31.2 Å². The van der Waals surface area contributed by atoms with Gasteiger partial charge >= 0.3 is 0 Å². The first kappa shape index (κ1) is 27.1. The predicted molar refractivity (Wildman–Crippen MR) is 153 cm³/mol. The number of nitrogen functional groups attached to an aromatic ring is 1. The summed E-state index contributed by atoms with van der Waals surface area (Å²) in [7, 11) is -1.85. The lowest BCUT2D eigenvalue weighted by Gasteiger charge is -2.36. The monoisotopic (exact) mass is 606 g/mol. The largest absolute Gasteiger partial charge is 0.413 e. The van der Waals surface area contributed by atoms with E-state index < -0.39 is 14.1 Å². The zero-order valence-corrected chi connectivity index (χ0v) is 25.9. The van der Waals surface area contributed by atoms with Crippen molar-refractivity contribution in [3.8, 4) is 0 Å². The minimum absolute atomic E-state index is 0.0110. The molecule has 1 saturated carbocycles. The van der Waals surface area contributed by atoms with Gasteiger partial charge in [-0.3, -0.25) is 0 Å². The highest BCUT2D eigenvalue weighted by Gasteiger charge is 2.55. The number of halogens is 2. The molecule has 37 heavy (non-hydrogen) atoms. The van der Waals surface area contributed by atoms with Gasteiger partial charge in [-0.2, -0.15) is 4.98 Å². The number of ether oxygens (including phenoxy) is 2. The van der Waals surface area contributed by atoms with Crippen molar-refractivity contribution in [1.29, 1.82) is 0 Å². The van der Waals surface area contributed by atoms with Crippen molar-refractivity contribution in [2.45, 2.75) is 95.7 Å². The van der Waals surface area contributed by atoms with E-state index >= 15 is 0 Å². The van der Waals surface area contributed by atoms with Gasteiger partial charge in [-0.25, -0.2) is 4.98 Å². The number of hydrogen-bond donors (Lipinski definition) is 1. The van der Waals surface area contributed by atoms with Crippen LogP contribution in [0, 0.1) is 0 Å². The van der Waals surface area contributed by atoms with Crippen molar-refractivity contribution in [1.82, 2.24) is 14.5 Å². The third-order valence-corrected chi connectivity index (χ3v) is 13.5. The topological polar surface area (TPSA) is 84.4 Å². The van der Waals surface area contributed by atoms with Crippen LogP contribution in [0.2, 0.25) is 23.4 Å². The molecule has 10 heteroatoms. The fraction of sp³-hybridized carbons (Fsp3) is 0.556. The zero-order chi connectivity index (χ0) is 26.9. The van der Waals surface area contributed by atoms with Crippen molar-refractivity contribution < 1.29 is 13.9 Å². The number of nitrogens with zero attached hydrogens (tertiary/aromatic N) is 3. The Kier molecular flexibility index (Phi) is 6.82. The number of hydrogen-bond acceptors (Lipinski definition) is 6. The van der Waals surface area contributed by atoms with Crippen LogP contribution in [0.5, 0.6) is 0 Å². The van der Waals surface area contributed by atoms with Crippen LogP contribution in [0.4, 0.5) is 5.82 Å². The van der Waals surface area contributed by atoms with Crippen molar-refractivity contribution in [2.75, 3.05) is 5.73 Å². The summed E-state index contributed by atoms with van der Waals surface area (Å²) < 4.78 is 22.5. The Morgan fingerprint density at radius 3 is 2.62 bits per heavy atom. The summed E-state index contributed by atoms with van der Waals surface area (Å²) in [5, 5.41) is 1.05. The Hall–Kier alpha value is -1.49. The highest BCUT2D eigenvalue weighted by molar-refractivity contribution is 9.10. The Morgan fingerprint density at radius 2 is 1.92 bits per heavy atom. The number of anilines is 1. The maximum absolute atomic E-state index is 6.52. The molecule has 2 N–H and O–H groups in total. The van der Waals surface area contributed by atoms with Crippen LogP contribution in [0.1, 0.15) is 64.1 Å². The van der Waals surface area contributed by atoms with E-state index in [0.717, 1.165) is 16.3 Å². The summed E-state index contributed by atoms with van der Waals surface area (Å²) in [6, 6.07) is 8.72. The molecule has 0 bridgehead atoms. The summed E-state index contributed by atoms with van der Waals surface area (Å²) in [5.41, 5.74) is 9.31. The number of fused-ring (bicyclic) bond motifs is 2. The molecule has 3 heterocycles. The molecule has 1 saturated heterocycles. The van der Waals surface area contributed by atoms with Gasteiger partial charge in [-0.1, -0.05) is 45.0 Å². The van der Waals surface area contributed by atoms with E-state index in [1.807, 2.05) is 20.0 Å². The molecule has 1 aliphatic heterocycles. The fourth-order valence-corrected chi connectivity index (χ4v) is 7.03. The molecule has 0 radical (unpaired) electrons. The van der Waals surface area contributed by atoms with Gasteiger partial charge in [0.15, 0.2) is 14.1 Å². The Morgan fingerprint density at radius 1 is 1.22 bits per heavy atom. The molecule has 200 valence electrons. The smallest absolute Gasteiger partial charge is 0.226 e. The normalized spacial score (nSPS) is 25.6. The van der Waals surface area contributed by atoms with Gasteiger partial charge in [0.1, 0.15) is 17.6 Å². The van der Waals surface area contributed by atoms with Gasteiger partial charge in [0, 0.05) is 16.6 Å². The van der Waals surface area contributed by atoms with E-state index in [1.54, 1.807) is 0 Å². The van der Waals surface area contributed by atoms with E-state index in [2.05, 4.69) is 88.6 Å². The summed E-state index contributed by atoms with van der Waals surface area (Å²) in [6.07, 6.45) is 2.59. The van der Waals surface area contributed by atoms with Crippen molar-refractivity contribution >= 4 is 52.7 Å². The first-order valence-electron chi connectivity index (χ1n) is 12.7. The number of nitrogens with two attached hydrogens (primary N) is 1. The number of rotatable bonds is 5. The van der Waals surface area contributed by atoms with Gasteiger partial charge in [-0.15, -0.1) is 0 Å². The van der Waals surface area contributed by atoms with E-state index in [1.165, 1.54) is 11.1 Å². The predicted octanol–water partition coefficient (Wildman–Crippen LogP) is 7.20. The molecule has 0 unspecified atom stereocenters. The third kappa shape index (κ3) is 4.99. The Bertz CT molecular complexity index is 1340. The third-order valence-electron chi connectivity index (χ3n) is 8.20. The standard InChI is InChI=1S/C27H36BrClN4O3Si/c1-26(2,3)37(6,7)34-14-15-9-8-10-16(11-15)17-12-19(22-21(17)35-27(4,5)36-22)33-13-18(28)20-23(30)31-25(29)32-24(20)33/h8-11,13,17,19,21-22H,12,14H2,1-7H3,(H2,30,31,32)/t17-,19-,21-,22+/m1/s1. The minimum Gasteiger partial charge on any atom is -0.413 e. The molecule has 1 aromatic carbocycles. The Balaban J connectivity index is 1.48. The molecule has 0 spiro atoms. The van der Waals surface area contributed by atoms with Crippen LogP contribution in [-0.4, -0.2) is 40.8 Å². The van der Waals surface area contributed by atoms with E-state index in [-0.39, 0.29) is 34.5 Å². The summed E-state index contributed by atoms with van der Waals surface area (Å²) in [6.45, 7) is 15.9. The van der Waals surface area contributed by atoms with Crippen LogP contribution in [0.25, 0.3) is 11.0 Å². The average Bonchev–Trinajstić information content (AvgIpc) is 3.39. The summed E-state index contributed by atoms with van der Waals surface area (Å²) in [5.74, 6) is -0.179. The maximum Gasteiger partial charge on any atom is 0.226 e. The second kappa shape index (κ2) is 9.31. The van der Waals surface area contributed by atoms with Crippen LogP contribution < -0.4 is 5.73 Å².